The Labute approximate surface area is 103 Å². The third kappa shape index (κ3) is 3.04. The van der Waals surface area contributed by atoms with Gasteiger partial charge in [0.1, 0.15) is 0 Å². The maximum atomic E-state index is 13.0. The summed E-state index contributed by atoms with van der Waals surface area (Å²) in [5.74, 6) is -2.82. The van der Waals surface area contributed by atoms with Crippen LogP contribution in [0.1, 0.15) is 5.56 Å². The molecule has 6 heteroatoms. The molecule has 0 radical (unpaired) electrons. The molecular formula is C12H13F2N3O. The van der Waals surface area contributed by atoms with Crippen LogP contribution in [0.3, 0.4) is 0 Å². The Balaban J connectivity index is 1.83. The van der Waals surface area contributed by atoms with Gasteiger partial charge < -0.3 is 15.0 Å². The molecule has 2 N–H and O–H groups in total. The first-order chi connectivity index (χ1) is 8.66. The van der Waals surface area contributed by atoms with Crippen LogP contribution in [0.5, 0.6) is 5.75 Å². The number of phenolic OH excluding ortho intramolecular Hbond substituents is 1. The number of rotatable bonds is 5. The van der Waals surface area contributed by atoms with Crippen molar-refractivity contribution in [2.45, 2.75) is 13.1 Å². The van der Waals surface area contributed by atoms with Crippen molar-refractivity contribution in [2.24, 2.45) is 0 Å². The molecule has 0 atom stereocenters. The quantitative estimate of drug-likeness (QED) is 0.797. The number of phenols is 1. The highest BCUT2D eigenvalue weighted by molar-refractivity contribution is 5.29. The molecule has 0 unspecified atom stereocenters. The summed E-state index contributed by atoms with van der Waals surface area (Å²) in [5.41, 5.74) is 0.452. The molecule has 0 saturated heterocycles. The summed E-state index contributed by atoms with van der Waals surface area (Å²) in [7, 11) is 0. The third-order valence-corrected chi connectivity index (χ3v) is 2.51. The van der Waals surface area contributed by atoms with E-state index in [1.165, 1.54) is 0 Å². The van der Waals surface area contributed by atoms with Gasteiger partial charge >= 0.3 is 0 Å². The average Bonchev–Trinajstić information content (AvgIpc) is 2.84. The van der Waals surface area contributed by atoms with Gasteiger partial charge in [-0.25, -0.2) is 13.8 Å². The van der Waals surface area contributed by atoms with E-state index >= 15 is 0 Å². The number of halogens is 2. The Morgan fingerprint density at radius 2 is 2.00 bits per heavy atom. The van der Waals surface area contributed by atoms with Crippen molar-refractivity contribution in [3.8, 4) is 5.75 Å². The second-order valence-corrected chi connectivity index (χ2v) is 3.89. The van der Waals surface area contributed by atoms with Gasteiger partial charge in [-0.2, -0.15) is 0 Å². The van der Waals surface area contributed by atoms with Gasteiger partial charge in [0.05, 0.1) is 6.33 Å². The molecule has 0 bridgehead atoms. The van der Waals surface area contributed by atoms with Gasteiger partial charge in [0.15, 0.2) is 17.4 Å². The summed E-state index contributed by atoms with van der Waals surface area (Å²) >= 11 is 0. The number of hydrogen-bond donors (Lipinski definition) is 2. The van der Waals surface area contributed by atoms with Crippen LogP contribution in [0, 0.1) is 11.6 Å². The molecule has 1 aromatic carbocycles. The van der Waals surface area contributed by atoms with E-state index in [2.05, 4.69) is 10.3 Å². The molecule has 0 fully saturated rings. The Bertz CT molecular complexity index is 491. The molecule has 0 saturated carbocycles. The first-order valence-corrected chi connectivity index (χ1v) is 5.50. The number of hydrogen-bond acceptors (Lipinski definition) is 3. The maximum absolute atomic E-state index is 13.0. The lowest BCUT2D eigenvalue weighted by molar-refractivity contribution is 0.395. The topological polar surface area (TPSA) is 50.1 Å². The fourth-order valence-electron chi connectivity index (χ4n) is 1.58. The van der Waals surface area contributed by atoms with Crippen LogP contribution in [0.15, 0.2) is 30.9 Å². The maximum Gasteiger partial charge on any atom is 0.187 e. The van der Waals surface area contributed by atoms with Crippen LogP contribution >= 0.6 is 0 Å². The molecule has 2 rings (SSSR count). The molecule has 1 aromatic heterocycles. The van der Waals surface area contributed by atoms with Crippen LogP contribution in [0.25, 0.3) is 0 Å². The minimum absolute atomic E-state index is 0.336. The van der Waals surface area contributed by atoms with Gasteiger partial charge in [0.2, 0.25) is 0 Å². The number of aromatic hydroxyl groups is 1. The first-order valence-electron chi connectivity index (χ1n) is 5.50. The van der Waals surface area contributed by atoms with Gasteiger partial charge in [-0.15, -0.1) is 0 Å². The second kappa shape index (κ2) is 5.59. The highest BCUT2D eigenvalue weighted by Crippen LogP contribution is 2.21. The lowest BCUT2D eigenvalue weighted by Crippen LogP contribution is -2.19. The smallest absolute Gasteiger partial charge is 0.187 e. The van der Waals surface area contributed by atoms with E-state index in [9.17, 15) is 8.78 Å². The van der Waals surface area contributed by atoms with Crippen LogP contribution < -0.4 is 5.32 Å². The summed E-state index contributed by atoms with van der Waals surface area (Å²) in [5, 5.41) is 12.0. The third-order valence-electron chi connectivity index (χ3n) is 2.51. The average molecular weight is 253 g/mol. The minimum Gasteiger partial charge on any atom is -0.503 e. The van der Waals surface area contributed by atoms with Crippen molar-refractivity contribution < 1.29 is 13.9 Å². The first kappa shape index (κ1) is 12.5. The molecule has 1 heterocycles. The van der Waals surface area contributed by atoms with Gasteiger partial charge in [-0.05, 0) is 17.7 Å². The fourth-order valence-corrected chi connectivity index (χ4v) is 1.58. The number of aromatic nitrogens is 2. The molecule has 0 amide bonds. The molecule has 0 aliphatic rings. The lowest BCUT2D eigenvalue weighted by atomic mass is 10.2. The van der Waals surface area contributed by atoms with Gasteiger partial charge in [0.25, 0.3) is 0 Å². The van der Waals surface area contributed by atoms with Gasteiger partial charge in [-0.3, -0.25) is 0 Å². The Hall–Kier alpha value is -1.95. The normalized spacial score (nSPS) is 10.8. The van der Waals surface area contributed by atoms with E-state index in [0.29, 0.717) is 18.7 Å². The highest BCUT2D eigenvalue weighted by atomic mass is 19.1. The zero-order valence-electron chi connectivity index (χ0n) is 9.61. The largest absolute Gasteiger partial charge is 0.503 e. The molecule has 96 valence electrons. The van der Waals surface area contributed by atoms with Gasteiger partial charge in [0, 0.05) is 32.0 Å². The SMILES string of the molecule is Oc1c(F)cc(CNCCn2ccnc2)cc1F. The molecule has 0 aliphatic carbocycles. The summed E-state index contributed by atoms with van der Waals surface area (Å²) in [6.45, 7) is 1.71. The van der Waals surface area contributed by atoms with E-state index in [1.807, 2.05) is 10.8 Å². The predicted octanol–water partition coefficient (Wildman–Crippen LogP) is 1.66. The summed E-state index contributed by atoms with van der Waals surface area (Å²) in [6, 6.07) is 2.23. The van der Waals surface area contributed by atoms with Crippen molar-refractivity contribution in [3.63, 3.8) is 0 Å². The van der Waals surface area contributed by atoms with Crippen molar-refractivity contribution in [1.82, 2.24) is 14.9 Å². The number of benzene rings is 1. The van der Waals surface area contributed by atoms with E-state index in [1.54, 1.807) is 12.5 Å². The van der Waals surface area contributed by atoms with Crippen molar-refractivity contribution in [2.75, 3.05) is 6.54 Å². The fraction of sp³-hybridized carbons (Fsp3) is 0.250. The Morgan fingerprint density at radius 3 is 2.61 bits per heavy atom. The number of imidazole rings is 1. The van der Waals surface area contributed by atoms with Crippen LogP contribution in [0.2, 0.25) is 0 Å². The van der Waals surface area contributed by atoms with Crippen LogP contribution in [0.4, 0.5) is 8.78 Å². The monoisotopic (exact) mass is 253 g/mol. The lowest BCUT2D eigenvalue weighted by Gasteiger charge is -2.07. The summed E-state index contributed by atoms with van der Waals surface area (Å²) < 4.78 is 28.0. The Morgan fingerprint density at radius 1 is 1.28 bits per heavy atom. The van der Waals surface area contributed by atoms with E-state index < -0.39 is 17.4 Å². The summed E-state index contributed by atoms with van der Waals surface area (Å²) in [4.78, 5) is 3.90. The zero-order valence-corrected chi connectivity index (χ0v) is 9.61. The van der Waals surface area contributed by atoms with Crippen molar-refractivity contribution in [3.05, 3.63) is 48.1 Å². The summed E-state index contributed by atoms with van der Waals surface area (Å²) in [6.07, 6.45) is 5.22. The number of nitrogens with zero attached hydrogens (tertiary/aromatic N) is 2. The Kier molecular flexibility index (Phi) is 3.88. The van der Waals surface area contributed by atoms with Crippen LogP contribution in [-0.4, -0.2) is 21.2 Å². The molecule has 18 heavy (non-hydrogen) atoms. The van der Waals surface area contributed by atoms with Crippen LogP contribution in [-0.2, 0) is 13.1 Å². The van der Waals surface area contributed by atoms with E-state index in [-0.39, 0.29) is 0 Å². The van der Waals surface area contributed by atoms with Gasteiger partial charge in [-0.1, -0.05) is 0 Å². The second-order valence-electron chi connectivity index (χ2n) is 3.89. The molecule has 2 aromatic rings. The highest BCUT2D eigenvalue weighted by Gasteiger charge is 2.08. The number of nitrogens with one attached hydrogen (secondary N) is 1. The zero-order chi connectivity index (χ0) is 13.0. The molecule has 0 spiro atoms. The molecular weight excluding hydrogens is 240 g/mol. The van der Waals surface area contributed by atoms with Crippen molar-refractivity contribution in [1.29, 1.82) is 0 Å². The van der Waals surface area contributed by atoms with E-state index in [4.69, 9.17) is 5.11 Å². The van der Waals surface area contributed by atoms with Crippen molar-refractivity contribution >= 4 is 0 Å². The minimum atomic E-state index is -0.943. The standard InChI is InChI=1S/C12H13F2N3O/c13-10-5-9(6-11(14)12(10)18)7-15-1-3-17-4-2-16-8-17/h2,4-6,8,15,18H,1,3,7H2. The molecule has 4 nitrogen and oxygen atoms in total. The van der Waals surface area contributed by atoms with E-state index in [0.717, 1.165) is 18.7 Å². The predicted molar refractivity (Wildman–Crippen MR) is 62.0 cm³/mol. The molecule has 0 aliphatic heterocycles.